The van der Waals surface area contributed by atoms with Crippen molar-refractivity contribution in [1.29, 1.82) is 0 Å². The Bertz CT molecular complexity index is 449. The number of ketones is 1. The summed E-state index contributed by atoms with van der Waals surface area (Å²) in [5, 5.41) is 0. The fourth-order valence-electron chi connectivity index (χ4n) is 4.07. The van der Waals surface area contributed by atoms with Gasteiger partial charge >= 0.3 is 5.97 Å². The van der Waals surface area contributed by atoms with Gasteiger partial charge in [-0.1, -0.05) is 19.4 Å². The maximum Gasteiger partial charge on any atom is 0.309 e. The first-order valence-electron chi connectivity index (χ1n) is 6.94. The number of hydrogen-bond donors (Lipinski definition) is 0. The zero-order valence-corrected chi connectivity index (χ0v) is 11.2. The summed E-state index contributed by atoms with van der Waals surface area (Å²) in [7, 11) is 0. The number of carbonyl (C=O) groups is 2. The van der Waals surface area contributed by atoms with Crippen molar-refractivity contribution in [2.24, 2.45) is 23.7 Å². The van der Waals surface area contributed by atoms with Crippen molar-refractivity contribution >= 4 is 11.8 Å². The van der Waals surface area contributed by atoms with E-state index in [1.807, 2.05) is 6.92 Å². The van der Waals surface area contributed by atoms with E-state index in [0.29, 0.717) is 18.3 Å². The predicted molar refractivity (Wildman–Crippen MR) is 66.7 cm³/mol. The van der Waals surface area contributed by atoms with Crippen LogP contribution in [0.3, 0.4) is 0 Å². The number of carbonyl (C=O) groups excluding carboxylic acids is 2. The summed E-state index contributed by atoms with van der Waals surface area (Å²) in [6.45, 7) is 6.16. The molecular formula is C15H20O3. The van der Waals surface area contributed by atoms with E-state index in [9.17, 15) is 9.59 Å². The summed E-state index contributed by atoms with van der Waals surface area (Å²) in [4.78, 5) is 23.9. The molecule has 1 saturated carbocycles. The SMILES string of the molecule is CC1=C2C(=O)CC(C)C2[C@H]2OC(=O)[C@H](C)C2CC1. The summed E-state index contributed by atoms with van der Waals surface area (Å²) < 4.78 is 5.61. The van der Waals surface area contributed by atoms with Crippen LogP contribution in [-0.2, 0) is 14.3 Å². The van der Waals surface area contributed by atoms with Gasteiger partial charge in [0.1, 0.15) is 6.10 Å². The van der Waals surface area contributed by atoms with Gasteiger partial charge in [0.15, 0.2) is 5.78 Å². The molecule has 1 heterocycles. The molecule has 1 aliphatic heterocycles. The van der Waals surface area contributed by atoms with Gasteiger partial charge in [-0.3, -0.25) is 9.59 Å². The summed E-state index contributed by atoms with van der Waals surface area (Å²) in [6.07, 6.45) is 2.48. The van der Waals surface area contributed by atoms with E-state index < -0.39 is 0 Å². The highest BCUT2D eigenvalue weighted by molar-refractivity contribution is 5.99. The Kier molecular flexibility index (Phi) is 2.61. The third-order valence-corrected chi connectivity index (χ3v) is 5.11. The minimum Gasteiger partial charge on any atom is -0.461 e. The maximum absolute atomic E-state index is 12.1. The van der Waals surface area contributed by atoms with Crippen molar-refractivity contribution in [3.8, 4) is 0 Å². The molecular weight excluding hydrogens is 228 g/mol. The third-order valence-electron chi connectivity index (χ3n) is 5.11. The summed E-state index contributed by atoms with van der Waals surface area (Å²) in [6, 6.07) is 0. The molecule has 1 saturated heterocycles. The van der Waals surface area contributed by atoms with E-state index in [1.165, 1.54) is 5.57 Å². The van der Waals surface area contributed by atoms with Crippen molar-refractivity contribution in [2.75, 3.05) is 0 Å². The second-order valence-corrected chi connectivity index (χ2v) is 6.22. The molecule has 2 aliphatic carbocycles. The summed E-state index contributed by atoms with van der Waals surface area (Å²) in [5.74, 6) is 0.954. The molecule has 3 rings (SSSR count). The Balaban J connectivity index is 2.04. The molecule has 0 aromatic heterocycles. The quantitative estimate of drug-likeness (QED) is 0.619. The van der Waals surface area contributed by atoms with Crippen LogP contribution in [0.1, 0.15) is 40.0 Å². The number of esters is 1. The largest absolute Gasteiger partial charge is 0.461 e. The van der Waals surface area contributed by atoms with Gasteiger partial charge in [-0.25, -0.2) is 0 Å². The van der Waals surface area contributed by atoms with Crippen LogP contribution < -0.4 is 0 Å². The Labute approximate surface area is 108 Å². The maximum atomic E-state index is 12.1. The second kappa shape index (κ2) is 3.94. The highest BCUT2D eigenvalue weighted by Gasteiger charge is 2.52. The molecule has 0 aromatic rings. The second-order valence-electron chi connectivity index (χ2n) is 6.22. The van der Waals surface area contributed by atoms with Gasteiger partial charge in [0, 0.05) is 23.8 Å². The average Bonchev–Trinajstić information content (AvgIpc) is 2.68. The first kappa shape index (κ1) is 11.9. The molecule has 0 bridgehead atoms. The normalized spacial score (nSPS) is 43.6. The topological polar surface area (TPSA) is 43.4 Å². The smallest absolute Gasteiger partial charge is 0.309 e. The molecule has 0 spiro atoms. The average molecular weight is 248 g/mol. The minimum atomic E-state index is -0.0737. The van der Waals surface area contributed by atoms with Gasteiger partial charge in [0.2, 0.25) is 0 Å². The Hall–Kier alpha value is -1.12. The molecule has 0 radical (unpaired) electrons. The molecule has 5 atom stereocenters. The molecule has 3 unspecified atom stereocenters. The van der Waals surface area contributed by atoms with Crippen molar-refractivity contribution in [3.63, 3.8) is 0 Å². The molecule has 0 aromatic carbocycles. The van der Waals surface area contributed by atoms with Gasteiger partial charge in [0.05, 0.1) is 5.92 Å². The number of rotatable bonds is 0. The van der Waals surface area contributed by atoms with Crippen LogP contribution in [-0.4, -0.2) is 17.9 Å². The van der Waals surface area contributed by atoms with Gasteiger partial charge in [-0.15, -0.1) is 0 Å². The first-order valence-corrected chi connectivity index (χ1v) is 6.94. The first-order chi connectivity index (χ1) is 8.50. The Morgan fingerprint density at radius 3 is 2.67 bits per heavy atom. The fraction of sp³-hybridized carbons (Fsp3) is 0.733. The van der Waals surface area contributed by atoms with E-state index in [0.717, 1.165) is 18.4 Å². The van der Waals surface area contributed by atoms with E-state index in [1.54, 1.807) is 0 Å². The number of fused-ring (bicyclic) bond motifs is 3. The highest BCUT2D eigenvalue weighted by Crippen LogP contribution is 2.49. The Morgan fingerprint density at radius 2 is 1.94 bits per heavy atom. The van der Waals surface area contributed by atoms with Gasteiger partial charge < -0.3 is 4.74 Å². The molecule has 2 fully saturated rings. The van der Waals surface area contributed by atoms with Crippen LogP contribution in [0.4, 0.5) is 0 Å². The number of ether oxygens (including phenoxy) is 1. The fourth-order valence-corrected chi connectivity index (χ4v) is 4.07. The van der Waals surface area contributed by atoms with E-state index >= 15 is 0 Å². The lowest BCUT2D eigenvalue weighted by Gasteiger charge is -2.26. The van der Waals surface area contributed by atoms with Crippen LogP contribution in [0.15, 0.2) is 11.1 Å². The lowest BCUT2D eigenvalue weighted by Crippen LogP contribution is -2.29. The van der Waals surface area contributed by atoms with Crippen LogP contribution in [0.5, 0.6) is 0 Å². The molecule has 3 aliphatic rings. The number of Topliss-reactive ketones (excluding diaryl/α,β-unsaturated/α-hetero) is 1. The monoisotopic (exact) mass is 248 g/mol. The van der Waals surface area contributed by atoms with Crippen LogP contribution >= 0.6 is 0 Å². The summed E-state index contributed by atoms with van der Waals surface area (Å²) in [5.41, 5.74) is 2.21. The van der Waals surface area contributed by atoms with Gasteiger partial charge in [-0.05, 0) is 25.7 Å². The third kappa shape index (κ3) is 1.49. The van der Waals surface area contributed by atoms with Gasteiger partial charge in [-0.2, -0.15) is 0 Å². The van der Waals surface area contributed by atoms with E-state index in [-0.39, 0.29) is 29.7 Å². The summed E-state index contributed by atoms with van der Waals surface area (Å²) >= 11 is 0. The van der Waals surface area contributed by atoms with Crippen LogP contribution in [0, 0.1) is 23.7 Å². The molecule has 0 N–H and O–H groups in total. The van der Waals surface area contributed by atoms with Crippen molar-refractivity contribution < 1.29 is 14.3 Å². The molecule has 3 heteroatoms. The number of allylic oxidation sites excluding steroid dienone is 1. The Morgan fingerprint density at radius 1 is 1.22 bits per heavy atom. The molecule has 3 nitrogen and oxygen atoms in total. The lowest BCUT2D eigenvalue weighted by molar-refractivity contribution is -0.145. The van der Waals surface area contributed by atoms with E-state index in [2.05, 4.69) is 13.8 Å². The number of hydrogen-bond acceptors (Lipinski definition) is 3. The van der Waals surface area contributed by atoms with Crippen LogP contribution in [0.2, 0.25) is 0 Å². The van der Waals surface area contributed by atoms with Gasteiger partial charge in [0.25, 0.3) is 0 Å². The van der Waals surface area contributed by atoms with Crippen molar-refractivity contribution in [2.45, 2.75) is 46.1 Å². The molecule has 0 amide bonds. The standard InChI is InChI=1S/C15H20O3/c1-7-4-5-10-9(3)15(17)18-14(10)13-8(2)6-11(16)12(7)13/h8-10,13-14H,4-6H2,1-3H3/t8?,9-,10?,13?,14+/m1/s1. The van der Waals surface area contributed by atoms with Crippen molar-refractivity contribution in [1.82, 2.24) is 0 Å². The zero-order valence-electron chi connectivity index (χ0n) is 11.2. The van der Waals surface area contributed by atoms with Crippen LogP contribution in [0.25, 0.3) is 0 Å². The highest BCUT2D eigenvalue weighted by atomic mass is 16.6. The predicted octanol–water partition coefficient (Wildman–Crippen LogP) is 2.50. The van der Waals surface area contributed by atoms with E-state index in [4.69, 9.17) is 4.74 Å². The molecule has 98 valence electrons. The molecule has 18 heavy (non-hydrogen) atoms. The zero-order chi connectivity index (χ0) is 13.0. The minimum absolute atomic E-state index is 0.00921. The van der Waals surface area contributed by atoms with Crippen molar-refractivity contribution in [3.05, 3.63) is 11.1 Å². The lowest BCUT2D eigenvalue weighted by atomic mass is 9.80.